The lowest BCUT2D eigenvalue weighted by molar-refractivity contribution is 0.0831. The van der Waals surface area contributed by atoms with Gasteiger partial charge in [-0.05, 0) is 56.3 Å². The zero-order valence-corrected chi connectivity index (χ0v) is 21.3. The van der Waals surface area contributed by atoms with Gasteiger partial charge in [0.25, 0.3) is 5.91 Å². The van der Waals surface area contributed by atoms with E-state index in [4.69, 9.17) is 16.3 Å². The van der Waals surface area contributed by atoms with E-state index in [0.717, 1.165) is 17.7 Å². The number of hydrogen-bond acceptors (Lipinski definition) is 4. The molecule has 0 fully saturated rings. The first-order valence-corrected chi connectivity index (χ1v) is 14.7. The van der Waals surface area contributed by atoms with Gasteiger partial charge in [-0.25, -0.2) is 4.67 Å². The van der Waals surface area contributed by atoms with Gasteiger partial charge in [0.2, 0.25) is 6.57 Å². The number of rotatable bonds is 12. The van der Waals surface area contributed by atoms with Crippen LogP contribution in [0.3, 0.4) is 0 Å². The number of benzene rings is 2. The zero-order valence-electron chi connectivity index (χ0n) is 18.8. The molecule has 0 saturated heterocycles. The van der Waals surface area contributed by atoms with Crippen molar-refractivity contribution in [2.45, 2.75) is 51.5 Å². The van der Waals surface area contributed by atoms with Crippen LogP contribution in [0.2, 0.25) is 0 Å². The second-order valence-electron chi connectivity index (χ2n) is 7.19. The minimum Gasteiger partial charge on any atom is -0.319 e. The molecule has 1 amide bonds. The van der Waals surface area contributed by atoms with Crippen LogP contribution in [0.1, 0.15) is 50.9 Å². The van der Waals surface area contributed by atoms with E-state index in [9.17, 15) is 9.00 Å². The van der Waals surface area contributed by atoms with Crippen LogP contribution >= 0.6 is 6.57 Å². The van der Waals surface area contributed by atoms with Gasteiger partial charge in [0.1, 0.15) is 0 Å². The highest BCUT2D eigenvalue weighted by atomic mass is 32.5. The maximum absolute atomic E-state index is 13.4. The standard InChI is InChI=1S/C23H33N2O3PS2/c1-5-14-20(4)28-29(30,25(7-3)23(26)21-15-10-8-11-16-21)24(6-2)19-31(27)22-17-12-9-13-18-22/h8-13,15-18,20H,5-7,14,19H2,1-4H3. The highest BCUT2D eigenvalue weighted by Crippen LogP contribution is 2.56. The lowest BCUT2D eigenvalue weighted by Crippen LogP contribution is -2.39. The fraction of sp³-hybridized carbons (Fsp3) is 0.435. The summed E-state index contributed by atoms with van der Waals surface area (Å²) in [6.45, 7) is 5.96. The van der Waals surface area contributed by atoms with E-state index in [-0.39, 0.29) is 17.9 Å². The molecule has 0 radical (unpaired) electrons. The van der Waals surface area contributed by atoms with Crippen LogP contribution < -0.4 is 0 Å². The summed E-state index contributed by atoms with van der Waals surface area (Å²) in [5.41, 5.74) is 0.575. The molecule has 3 unspecified atom stereocenters. The molecule has 0 N–H and O–H groups in total. The zero-order chi connectivity index (χ0) is 22.9. The Morgan fingerprint density at radius 1 is 1.03 bits per heavy atom. The average molecular weight is 481 g/mol. The fourth-order valence-corrected chi connectivity index (χ4v) is 9.19. The fourth-order valence-electron chi connectivity index (χ4n) is 3.26. The molecule has 0 bridgehead atoms. The molecule has 0 saturated carbocycles. The Balaban J connectivity index is 2.43. The first-order valence-electron chi connectivity index (χ1n) is 10.7. The molecule has 31 heavy (non-hydrogen) atoms. The number of carbonyl (C=O) groups excluding carboxylic acids is 1. The van der Waals surface area contributed by atoms with E-state index in [2.05, 4.69) is 6.92 Å². The quantitative estimate of drug-likeness (QED) is 0.367. The maximum Gasteiger partial charge on any atom is 0.260 e. The number of carbonyl (C=O) groups is 1. The van der Waals surface area contributed by atoms with Gasteiger partial charge >= 0.3 is 0 Å². The minimum atomic E-state index is -2.96. The lowest BCUT2D eigenvalue weighted by atomic mass is 10.2. The van der Waals surface area contributed by atoms with Crippen LogP contribution in [-0.4, -0.2) is 44.5 Å². The largest absolute Gasteiger partial charge is 0.319 e. The van der Waals surface area contributed by atoms with Crippen LogP contribution in [-0.2, 0) is 27.1 Å². The molecule has 170 valence electrons. The number of nitrogens with zero attached hydrogens (tertiary/aromatic N) is 2. The van der Waals surface area contributed by atoms with Crippen molar-refractivity contribution in [3.8, 4) is 0 Å². The summed E-state index contributed by atoms with van der Waals surface area (Å²) in [5, 5.41) is 0. The molecule has 0 aliphatic rings. The Bertz CT molecular complexity index is 896. The SMILES string of the molecule is CCCC(C)OP(=S)(N(CC)CS(=O)c1ccccc1)N(CC)C(=O)c1ccccc1. The maximum atomic E-state index is 13.4. The van der Waals surface area contributed by atoms with Gasteiger partial charge in [0.05, 0.1) is 22.8 Å². The van der Waals surface area contributed by atoms with Crippen LogP contribution in [0.25, 0.3) is 0 Å². The third-order valence-electron chi connectivity index (χ3n) is 4.87. The van der Waals surface area contributed by atoms with E-state index in [1.165, 1.54) is 0 Å². The first kappa shape index (κ1) is 25.9. The van der Waals surface area contributed by atoms with Crippen LogP contribution in [0.4, 0.5) is 0 Å². The topological polar surface area (TPSA) is 49.9 Å². The Kier molecular flexibility index (Phi) is 10.5. The third-order valence-corrected chi connectivity index (χ3v) is 10.8. The lowest BCUT2D eigenvalue weighted by Gasteiger charge is -2.42. The monoisotopic (exact) mass is 480 g/mol. The minimum absolute atomic E-state index is 0.104. The van der Waals surface area contributed by atoms with Crippen molar-refractivity contribution in [3.05, 3.63) is 66.2 Å². The van der Waals surface area contributed by atoms with Crippen LogP contribution in [0, 0.1) is 0 Å². The van der Waals surface area contributed by atoms with Crippen LogP contribution in [0.15, 0.2) is 65.6 Å². The van der Waals surface area contributed by atoms with E-state index < -0.39 is 17.4 Å². The van der Waals surface area contributed by atoms with Gasteiger partial charge in [0, 0.05) is 23.5 Å². The molecule has 0 spiro atoms. The Morgan fingerprint density at radius 2 is 1.61 bits per heavy atom. The molecule has 8 heteroatoms. The van der Waals surface area contributed by atoms with Crippen molar-refractivity contribution in [1.82, 2.24) is 9.34 Å². The van der Waals surface area contributed by atoms with Gasteiger partial charge in [-0.15, -0.1) is 0 Å². The average Bonchev–Trinajstić information content (AvgIpc) is 2.78. The van der Waals surface area contributed by atoms with Crippen molar-refractivity contribution in [3.63, 3.8) is 0 Å². The Labute approximate surface area is 194 Å². The van der Waals surface area contributed by atoms with Gasteiger partial charge in [-0.2, -0.15) is 0 Å². The molecule has 2 aromatic carbocycles. The van der Waals surface area contributed by atoms with Crippen molar-refractivity contribution in [2.75, 3.05) is 19.0 Å². The van der Waals surface area contributed by atoms with Gasteiger partial charge < -0.3 is 4.52 Å². The van der Waals surface area contributed by atoms with Gasteiger partial charge in [0.15, 0.2) is 0 Å². The number of amides is 1. The molecular formula is C23H33N2O3PS2. The number of hydrogen-bond donors (Lipinski definition) is 0. The van der Waals surface area contributed by atoms with E-state index >= 15 is 0 Å². The Hall–Kier alpha value is -1.37. The summed E-state index contributed by atoms with van der Waals surface area (Å²) in [7, 11) is -1.29. The van der Waals surface area contributed by atoms with Crippen molar-refractivity contribution in [1.29, 1.82) is 0 Å². The molecule has 0 aliphatic heterocycles. The molecule has 3 atom stereocenters. The second kappa shape index (κ2) is 12.6. The summed E-state index contributed by atoms with van der Waals surface area (Å²) in [6, 6.07) is 18.5. The van der Waals surface area contributed by atoms with Crippen molar-refractivity contribution >= 4 is 35.1 Å². The van der Waals surface area contributed by atoms with Crippen LogP contribution in [0.5, 0.6) is 0 Å². The van der Waals surface area contributed by atoms with Gasteiger partial charge in [-0.3, -0.25) is 13.7 Å². The predicted octanol–water partition coefficient (Wildman–Crippen LogP) is 5.67. The molecular weight excluding hydrogens is 447 g/mol. The second-order valence-corrected chi connectivity index (χ2v) is 12.3. The summed E-state index contributed by atoms with van der Waals surface area (Å²) < 4.78 is 23.2. The highest BCUT2D eigenvalue weighted by Gasteiger charge is 2.38. The molecule has 2 aromatic rings. The summed E-state index contributed by atoms with van der Waals surface area (Å²) in [6.07, 6.45) is 1.69. The molecule has 0 heterocycles. The van der Waals surface area contributed by atoms with Gasteiger partial charge in [-0.1, -0.05) is 56.7 Å². The van der Waals surface area contributed by atoms with E-state index in [1.54, 1.807) is 16.8 Å². The molecule has 0 aliphatic carbocycles. The normalized spacial score (nSPS) is 15.3. The molecule has 5 nitrogen and oxygen atoms in total. The van der Waals surface area contributed by atoms with Crippen molar-refractivity contribution in [2.24, 2.45) is 0 Å². The summed E-state index contributed by atoms with van der Waals surface area (Å²) in [5.74, 6) is 0.0638. The highest BCUT2D eigenvalue weighted by molar-refractivity contribution is 8.10. The predicted molar refractivity (Wildman–Crippen MR) is 133 cm³/mol. The smallest absolute Gasteiger partial charge is 0.260 e. The van der Waals surface area contributed by atoms with E-state index in [0.29, 0.717) is 18.7 Å². The van der Waals surface area contributed by atoms with E-state index in [1.807, 2.05) is 74.0 Å². The summed E-state index contributed by atoms with van der Waals surface area (Å²) >= 11 is 6.16. The molecule has 0 aromatic heterocycles. The Morgan fingerprint density at radius 3 is 2.13 bits per heavy atom. The van der Waals surface area contributed by atoms with Crippen molar-refractivity contribution < 1.29 is 13.5 Å². The third kappa shape index (κ3) is 6.80. The molecule has 2 rings (SSSR count). The first-order chi connectivity index (χ1) is 14.9. The summed E-state index contributed by atoms with van der Waals surface area (Å²) in [4.78, 5) is 14.2.